The summed E-state index contributed by atoms with van der Waals surface area (Å²) in [6.07, 6.45) is 3.38. The number of aryl methyl sites for hydroxylation is 2. The molecule has 0 saturated carbocycles. The number of carbonyl (C=O) groups is 1. The number of H-pyrrole nitrogens is 1. The Hall–Kier alpha value is -1.68. The molecule has 2 aromatic rings. The Bertz CT molecular complexity index is 577. The Labute approximate surface area is 114 Å². The smallest absolute Gasteiger partial charge is 0.185 e. The molecular formula is C14H13BrN2O. The van der Waals surface area contributed by atoms with Crippen molar-refractivity contribution in [3.8, 4) is 0 Å². The van der Waals surface area contributed by atoms with Gasteiger partial charge in [0.05, 0.1) is 5.69 Å². The first-order valence-corrected chi connectivity index (χ1v) is 6.37. The summed E-state index contributed by atoms with van der Waals surface area (Å²) in [5.41, 5.74) is 3.51. The summed E-state index contributed by atoms with van der Waals surface area (Å²) >= 11 is 3.34. The van der Waals surface area contributed by atoms with Gasteiger partial charge in [0, 0.05) is 21.3 Å². The molecular weight excluding hydrogens is 292 g/mol. The number of hydrogen-bond donors (Lipinski definition) is 1. The van der Waals surface area contributed by atoms with Crippen molar-refractivity contribution in [3.05, 3.63) is 57.3 Å². The molecule has 0 unspecified atom stereocenters. The number of rotatable bonds is 3. The fraction of sp³-hybridized carbons (Fsp3) is 0.143. The third kappa shape index (κ3) is 2.76. The van der Waals surface area contributed by atoms with E-state index < -0.39 is 0 Å². The number of halogens is 1. The predicted octanol–water partition coefficient (Wildman–Crippen LogP) is 3.69. The Morgan fingerprint density at radius 1 is 1.28 bits per heavy atom. The zero-order valence-corrected chi connectivity index (χ0v) is 11.8. The summed E-state index contributed by atoms with van der Waals surface area (Å²) in [6.45, 7) is 3.84. The monoisotopic (exact) mass is 304 g/mol. The Balaban J connectivity index is 2.19. The van der Waals surface area contributed by atoms with Crippen LogP contribution in [0.4, 0.5) is 0 Å². The predicted molar refractivity (Wildman–Crippen MR) is 75.6 cm³/mol. The number of carbonyl (C=O) groups excluding carboxylic acids is 1. The number of hydrogen-bond acceptors (Lipinski definition) is 2. The van der Waals surface area contributed by atoms with Crippen molar-refractivity contribution >= 4 is 27.8 Å². The standard InChI is InChI=1S/C14H13BrN2O/c1-9-13(10(2)17-16-9)7-8-14(18)11-3-5-12(15)6-4-11/h3-8H,1-2H3,(H,16,17)/b8-7+. The van der Waals surface area contributed by atoms with E-state index >= 15 is 0 Å². The molecule has 0 radical (unpaired) electrons. The first-order chi connectivity index (χ1) is 8.58. The fourth-order valence-corrected chi connectivity index (χ4v) is 1.94. The molecule has 1 heterocycles. The fourth-order valence-electron chi connectivity index (χ4n) is 1.67. The number of nitrogens with zero attached hydrogens (tertiary/aromatic N) is 1. The normalized spacial score (nSPS) is 11.1. The van der Waals surface area contributed by atoms with Crippen molar-refractivity contribution in [2.24, 2.45) is 0 Å². The number of ketones is 1. The van der Waals surface area contributed by atoms with Gasteiger partial charge in [-0.25, -0.2) is 0 Å². The second-order valence-corrected chi connectivity index (χ2v) is 4.97. The van der Waals surface area contributed by atoms with Gasteiger partial charge in [-0.05, 0) is 50.3 Å². The number of aromatic nitrogens is 2. The van der Waals surface area contributed by atoms with Gasteiger partial charge in [0.15, 0.2) is 5.78 Å². The number of benzene rings is 1. The van der Waals surface area contributed by atoms with Crippen molar-refractivity contribution in [1.29, 1.82) is 0 Å². The van der Waals surface area contributed by atoms with E-state index in [1.54, 1.807) is 24.3 Å². The van der Waals surface area contributed by atoms with Gasteiger partial charge in [-0.3, -0.25) is 9.89 Å². The van der Waals surface area contributed by atoms with Crippen molar-refractivity contribution in [1.82, 2.24) is 10.2 Å². The summed E-state index contributed by atoms with van der Waals surface area (Å²) in [5.74, 6) is -0.0116. The number of nitrogens with one attached hydrogen (secondary N) is 1. The molecule has 0 aliphatic carbocycles. The first-order valence-electron chi connectivity index (χ1n) is 5.57. The van der Waals surface area contributed by atoms with Crippen LogP contribution in [0.5, 0.6) is 0 Å². The van der Waals surface area contributed by atoms with Crippen LogP contribution in [0.15, 0.2) is 34.8 Å². The molecule has 1 N–H and O–H groups in total. The van der Waals surface area contributed by atoms with E-state index in [2.05, 4.69) is 26.1 Å². The van der Waals surface area contributed by atoms with Crippen LogP contribution in [0.25, 0.3) is 6.08 Å². The molecule has 4 heteroatoms. The lowest BCUT2D eigenvalue weighted by Gasteiger charge is -1.96. The second-order valence-electron chi connectivity index (χ2n) is 4.05. The van der Waals surface area contributed by atoms with E-state index in [0.717, 1.165) is 21.4 Å². The maximum absolute atomic E-state index is 11.9. The van der Waals surface area contributed by atoms with Crippen molar-refractivity contribution in [2.45, 2.75) is 13.8 Å². The van der Waals surface area contributed by atoms with Crippen LogP contribution < -0.4 is 0 Å². The molecule has 0 spiro atoms. The van der Waals surface area contributed by atoms with Gasteiger partial charge < -0.3 is 0 Å². The molecule has 0 aliphatic rings. The maximum atomic E-state index is 11.9. The van der Waals surface area contributed by atoms with E-state index in [1.165, 1.54) is 0 Å². The van der Waals surface area contributed by atoms with Crippen LogP contribution in [0.3, 0.4) is 0 Å². The summed E-state index contributed by atoms with van der Waals surface area (Å²) in [7, 11) is 0. The molecule has 1 aromatic carbocycles. The van der Waals surface area contributed by atoms with Crippen LogP contribution in [0.2, 0.25) is 0 Å². The van der Waals surface area contributed by atoms with Crippen LogP contribution in [-0.2, 0) is 0 Å². The summed E-state index contributed by atoms with van der Waals surface area (Å²) in [6, 6.07) is 7.31. The van der Waals surface area contributed by atoms with Gasteiger partial charge >= 0.3 is 0 Å². The van der Waals surface area contributed by atoms with Gasteiger partial charge in [-0.15, -0.1) is 0 Å². The molecule has 18 heavy (non-hydrogen) atoms. The van der Waals surface area contributed by atoms with Crippen molar-refractivity contribution < 1.29 is 4.79 Å². The topological polar surface area (TPSA) is 45.8 Å². The van der Waals surface area contributed by atoms with E-state index in [4.69, 9.17) is 0 Å². The first kappa shape index (κ1) is 12.8. The molecule has 0 atom stereocenters. The number of aromatic amines is 1. The Morgan fingerprint density at radius 3 is 2.50 bits per heavy atom. The van der Waals surface area contributed by atoms with Crippen molar-refractivity contribution in [2.75, 3.05) is 0 Å². The number of allylic oxidation sites excluding steroid dienone is 1. The summed E-state index contributed by atoms with van der Waals surface area (Å²) in [5, 5.41) is 6.97. The maximum Gasteiger partial charge on any atom is 0.185 e. The van der Waals surface area contributed by atoms with E-state index in [1.807, 2.05) is 26.0 Å². The van der Waals surface area contributed by atoms with Crippen LogP contribution in [0.1, 0.15) is 27.3 Å². The minimum atomic E-state index is -0.0116. The third-order valence-corrected chi connectivity index (χ3v) is 3.24. The molecule has 0 aliphatic heterocycles. The highest BCUT2D eigenvalue weighted by molar-refractivity contribution is 9.10. The molecule has 0 fully saturated rings. The molecule has 0 amide bonds. The molecule has 92 valence electrons. The van der Waals surface area contributed by atoms with E-state index in [-0.39, 0.29) is 5.78 Å². The van der Waals surface area contributed by atoms with Gasteiger partial charge in [0.1, 0.15) is 0 Å². The van der Waals surface area contributed by atoms with Crippen LogP contribution in [0, 0.1) is 13.8 Å². The average Bonchev–Trinajstić information content (AvgIpc) is 2.67. The third-order valence-electron chi connectivity index (χ3n) is 2.72. The lowest BCUT2D eigenvalue weighted by atomic mass is 10.1. The van der Waals surface area contributed by atoms with E-state index in [0.29, 0.717) is 5.56 Å². The highest BCUT2D eigenvalue weighted by Gasteiger charge is 2.04. The highest BCUT2D eigenvalue weighted by Crippen LogP contribution is 2.14. The Kier molecular flexibility index (Phi) is 3.77. The molecule has 2 rings (SSSR count). The minimum Gasteiger partial charge on any atom is -0.289 e. The van der Waals surface area contributed by atoms with Gasteiger partial charge in [-0.1, -0.05) is 15.9 Å². The van der Waals surface area contributed by atoms with Gasteiger partial charge in [-0.2, -0.15) is 5.10 Å². The van der Waals surface area contributed by atoms with E-state index in [9.17, 15) is 4.79 Å². The van der Waals surface area contributed by atoms with Crippen LogP contribution >= 0.6 is 15.9 Å². The average molecular weight is 305 g/mol. The Morgan fingerprint density at radius 2 is 1.94 bits per heavy atom. The molecule has 0 bridgehead atoms. The van der Waals surface area contributed by atoms with Gasteiger partial charge in [0.2, 0.25) is 0 Å². The summed E-state index contributed by atoms with van der Waals surface area (Å²) < 4.78 is 0.963. The lowest BCUT2D eigenvalue weighted by molar-refractivity contribution is 0.104. The largest absolute Gasteiger partial charge is 0.289 e. The lowest BCUT2D eigenvalue weighted by Crippen LogP contribution is -1.93. The van der Waals surface area contributed by atoms with Crippen molar-refractivity contribution in [3.63, 3.8) is 0 Å². The van der Waals surface area contributed by atoms with Gasteiger partial charge in [0.25, 0.3) is 0 Å². The van der Waals surface area contributed by atoms with Crippen LogP contribution in [-0.4, -0.2) is 16.0 Å². The summed E-state index contributed by atoms with van der Waals surface area (Å²) in [4.78, 5) is 11.9. The molecule has 3 nitrogen and oxygen atoms in total. The molecule has 0 saturated heterocycles. The second kappa shape index (κ2) is 5.31. The highest BCUT2D eigenvalue weighted by atomic mass is 79.9. The quantitative estimate of drug-likeness (QED) is 0.694. The minimum absolute atomic E-state index is 0.0116. The SMILES string of the molecule is Cc1n[nH]c(C)c1/C=C/C(=O)c1ccc(Br)cc1. The zero-order valence-electron chi connectivity index (χ0n) is 10.2. The molecule has 1 aromatic heterocycles. The zero-order chi connectivity index (χ0) is 13.1.